The number of halogens is 1. The van der Waals surface area contributed by atoms with Gasteiger partial charge in [0.25, 0.3) is 5.91 Å². The molecule has 1 atom stereocenters. The van der Waals surface area contributed by atoms with E-state index in [1.54, 1.807) is 29.2 Å². The fourth-order valence-corrected chi connectivity index (χ4v) is 4.15. The first-order valence-electron chi connectivity index (χ1n) is 11.0. The van der Waals surface area contributed by atoms with Gasteiger partial charge in [0.15, 0.2) is 6.61 Å². The van der Waals surface area contributed by atoms with E-state index in [4.69, 9.17) is 16.3 Å². The van der Waals surface area contributed by atoms with Crippen LogP contribution in [-0.2, 0) is 16.1 Å². The van der Waals surface area contributed by atoms with Crippen molar-refractivity contribution in [3.63, 3.8) is 0 Å². The van der Waals surface area contributed by atoms with Crippen LogP contribution in [0.5, 0.6) is 5.75 Å². The van der Waals surface area contributed by atoms with Crippen LogP contribution in [0.25, 0.3) is 0 Å². The zero-order valence-electron chi connectivity index (χ0n) is 18.3. The van der Waals surface area contributed by atoms with E-state index in [0.717, 1.165) is 36.8 Å². The van der Waals surface area contributed by atoms with Crippen molar-refractivity contribution in [3.05, 3.63) is 64.7 Å². The fraction of sp³-hybridized carbons (Fsp3) is 0.440. The van der Waals surface area contributed by atoms with Crippen molar-refractivity contribution >= 4 is 23.4 Å². The zero-order valence-corrected chi connectivity index (χ0v) is 19.0. The lowest BCUT2D eigenvalue weighted by atomic mass is 10.1. The number of amides is 2. The molecule has 1 saturated carbocycles. The number of nitrogens with one attached hydrogen (secondary N) is 1. The summed E-state index contributed by atoms with van der Waals surface area (Å²) in [5.41, 5.74) is 2.12. The first-order chi connectivity index (χ1) is 15.0. The van der Waals surface area contributed by atoms with Crippen molar-refractivity contribution in [1.29, 1.82) is 0 Å². The Morgan fingerprint density at radius 2 is 1.81 bits per heavy atom. The molecule has 0 heterocycles. The molecule has 0 spiro atoms. The minimum atomic E-state index is -0.552. The van der Waals surface area contributed by atoms with Crippen LogP contribution in [0.1, 0.15) is 50.2 Å². The Bertz CT molecular complexity index is 879. The Morgan fingerprint density at radius 1 is 1.13 bits per heavy atom. The molecule has 2 aromatic rings. The summed E-state index contributed by atoms with van der Waals surface area (Å²) in [6.07, 6.45) is 4.81. The van der Waals surface area contributed by atoms with Crippen molar-refractivity contribution in [2.75, 3.05) is 6.61 Å². The molecule has 0 saturated heterocycles. The second-order valence-electron chi connectivity index (χ2n) is 8.14. The molecule has 1 aliphatic carbocycles. The smallest absolute Gasteiger partial charge is 0.261 e. The minimum absolute atomic E-state index is 0.0902. The average Bonchev–Trinajstić information content (AvgIpc) is 3.27. The number of carbonyl (C=O) groups is 2. The van der Waals surface area contributed by atoms with Gasteiger partial charge in [-0.1, -0.05) is 73.3 Å². The van der Waals surface area contributed by atoms with Crippen LogP contribution in [0.2, 0.25) is 5.02 Å². The molecule has 1 N–H and O–H groups in total. The van der Waals surface area contributed by atoms with Crippen molar-refractivity contribution in [1.82, 2.24) is 10.2 Å². The number of para-hydroxylation sites is 1. The number of nitrogens with zero attached hydrogens (tertiary/aromatic N) is 1. The van der Waals surface area contributed by atoms with E-state index >= 15 is 0 Å². The lowest BCUT2D eigenvalue weighted by Crippen LogP contribution is -2.52. The molecule has 0 unspecified atom stereocenters. The molecular weight excluding hydrogens is 412 g/mol. The Kier molecular flexibility index (Phi) is 8.35. The molecule has 2 aromatic carbocycles. The Balaban J connectivity index is 1.76. The first-order valence-corrected chi connectivity index (χ1v) is 11.4. The van der Waals surface area contributed by atoms with Crippen LogP contribution < -0.4 is 10.1 Å². The lowest BCUT2D eigenvalue weighted by Gasteiger charge is -2.31. The topological polar surface area (TPSA) is 58.6 Å². The molecule has 166 valence electrons. The number of hydrogen-bond acceptors (Lipinski definition) is 3. The maximum atomic E-state index is 13.2. The summed E-state index contributed by atoms with van der Waals surface area (Å²) in [6, 6.07) is 14.7. The van der Waals surface area contributed by atoms with Crippen LogP contribution in [0.15, 0.2) is 48.5 Å². The monoisotopic (exact) mass is 442 g/mol. The summed E-state index contributed by atoms with van der Waals surface area (Å²) >= 11 is 6.15. The summed E-state index contributed by atoms with van der Waals surface area (Å²) in [5, 5.41) is 3.60. The molecule has 5 nitrogen and oxygen atoms in total. The molecule has 0 radical (unpaired) electrons. The van der Waals surface area contributed by atoms with Gasteiger partial charge in [0.1, 0.15) is 11.8 Å². The highest BCUT2D eigenvalue weighted by molar-refractivity contribution is 6.32. The second-order valence-corrected chi connectivity index (χ2v) is 8.55. The normalized spacial score (nSPS) is 14.8. The molecule has 2 amide bonds. The van der Waals surface area contributed by atoms with Crippen molar-refractivity contribution in [3.8, 4) is 5.75 Å². The third-order valence-corrected chi connectivity index (χ3v) is 6.06. The van der Waals surface area contributed by atoms with Gasteiger partial charge in [-0.05, 0) is 43.9 Å². The van der Waals surface area contributed by atoms with Gasteiger partial charge in [-0.2, -0.15) is 0 Å². The van der Waals surface area contributed by atoms with Crippen molar-refractivity contribution < 1.29 is 14.3 Å². The summed E-state index contributed by atoms with van der Waals surface area (Å²) in [6.45, 7) is 4.13. The number of aryl methyl sites for hydroxylation is 1. The van der Waals surface area contributed by atoms with Crippen LogP contribution in [0.4, 0.5) is 0 Å². The second kappa shape index (κ2) is 11.2. The third kappa shape index (κ3) is 6.47. The maximum absolute atomic E-state index is 13.2. The number of ether oxygens (including phenoxy) is 1. The van der Waals surface area contributed by atoms with E-state index in [1.807, 2.05) is 38.1 Å². The van der Waals surface area contributed by atoms with E-state index in [1.165, 1.54) is 0 Å². The fourth-order valence-electron chi connectivity index (χ4n) is 3.96. The van der Waals surface area contributed by atoms with E-state index in [-0.39, 0.29) is 24.5 Å². The SMILES string of the molecule is CC[C@@H](C(=O)NC1CCCC1)N(Cc1ccc(C)cc1)C(=O)COc1ccccc1Cl. The van der Waals surface area contributed by atoms with Gasteiger partial charge >= 0.3 is 0 Å². The molecule has 0 aliphatic heterocycles. The molecule has 1 aliphatic rings. The predicted octanol–water partition coefficient (Wildman–Crippen LogP) is 4.89. The van der Waals surface area contributed by atoms with Crippen LogP contribution in [0.3, 0.4) is 0 Å². The highest BCUT2D eigenvalue weighted by Gasteiger charge is 2.30. The Hall–Kier alpha value is -2.53. The summed E-state index contributed by atoms with van der Waals surface area (Å²) < 4.78 is 5.69. The van der Waals surface area contributed by atoms with E-state index in [9.17, 15) is 9.59 Å². The number of hydrogen-bond donors (Lipinski definition) is 1. The van der Waals surface area contributed by atoms with Gasteiger partial charge in [0.05, 0.1) is 5.02 Å². The lowest BCUT2D eigenvalue weighted by molar-refractivity contribution is -0.143. The van der Waals surface area contributed by atoms with Gasteiger partial charge in [0, 0.05) is 12.6 Å². The van der Waals surface area contributed by atoms with E-state index in [0.29, 0.717) is 23.7 Å². The number of carbonyl (C=O) groups excluding carboxylic acids is 2. The van der Waals surface area contributed by atoms with E-state index in [2.05, 4.69) is 5.32 Å². The predicted molar refractivity (Wildman–Crippen MR) is 123 cm³/mol. The summed E-state index contributed by atoms with van der Waals surface area (Å²) in [4.78, 5) is 27.9. The van der Waals surface area contributed by atoms with Crippen molar-refractivity contribution in [2.45, 2.75) is 64.6 Å². The van der Waals surface area contributed by atoms with Crippen LogP contribution >= 0.6 is 11.6 Å². The average molecular weight is 443 g/mol. The Labute approximate surface area is 189 Å². The van der Waals surface area contributed by atoms with Gasteiger partial charge in [-0.3, -0.25) is 9.59 Å². The summed E-state index contributed by atoms with van der Waals surface area (Å²) in [5.74, 6) is 0.123. The first kappa shape index (κ1) is 23.1. The van der Waals surface area contributed by atoms with Crippen molar-refractivity contribution in [2.24, 2.45) is 0 Å². The molecule has 3 rings (SSSR count). The van der Waals surface area contributed by atoms with Gasteiger partial charge in [-0.15, -0.1) is 0 Å². The van der Waals surface area contributed by atoms with Gasteiger partial charge in [-0.25, -0.2) is 0 Å². The maximum Gasteiger partial charge on any atom is 0.261 e. The van der Waals surface area contributed by atoms with Gasteiger partial charge < -0.3 is 15.0 Å². The molecule has 1 fully saturated rings. The van der Waals surface area contributed by atoms with Crippen LogP contribution in [0, 0.1) is 6.92 Å². The number of benzene rings is 2. The number of rotatable bonds is 9. The summed E-state index contributed by atoms with van der Waals surface area (Å²) in [7, 11) is 0. The highest BCUT2D eigenvalue weighted by atomic mass is 35.5. The quantitative estimate of drug-likeness (QED) is 0.601. The van der Waals surface area contributed by atoms with Gasteiger partial charge in [0.2, 0.25) is 5.91 Å². The molecule has 31 heavy (non-hydrogen) atoms. The third-order valence-electron chi connectivity index (χ3n) is 5.75. The highest BCUT2D eigenvalue weighted by Crippen LogP contribution is 2.24. The van der Waals surface area contributed by atoms with Crippen LogP contribution in [-0.4, -0.2) is 35.4 Å². The largest absolute Gasteiger partial charge is 0.482 e. The standard InChI is InChI=1S/C25H31ClN2O3/c1-3-22(25(30)27-20-8-4-5-9-20)28(16-19-14-12-18(2)13-15-19)24(29)17-31-23-11-7-6-10-21(23)26/h6-7,10-15,20,22H,3-5,8-9,16-17H2,1-2H3,(H,27,30)/t22-/m0/s1. The zero-order chi connectivity index (χ0) is 22.2. The molecule has 0 bridgehead atoms. The minimum Gasteiger partial charge on any atom is -0.482 e. The molecule has 6 heteroatoms. The van der Waals surface area contributed by atoms with E-state index < -0.39 is 6.04 Å². The Morgan fingerprint density at radius 3 is 2.45 bits per heavy atom. The molecule has 0 aromatic heterocycles. The molecular formula is C25H31ClN2O3.